The SMILES string of the molecule is O=C1CN(CCSc2ccccc2)CCCN1. The van der Waals surface area contributed by atoms with Crippen molar-refractivity contribution in [3.63, 3.8) is 0 Å². The second-order valence-electron chi connectivity index (χ2n) is 4.14. The largest absolute Gasteiger partial charge is 0.355 e. The average Bonchev–Trinajstić information content (AvgIpc) is 2.55. The number of rotatable bonds is 4. The van der Waals surface area contributed by atoms with Crippen molar-refractivity contribution >= 4 is 17.7 Å². The quantitative estimate of drug-likeness (QED) is 0.824. The molecule has 0 aromatic heterocycles. The number of benzene rings is 1. The molecule has 92 valence electrons. The van der Waals surface area contributed by atoms with Gasteiger partial charge in [-0.25, -0.2) is 0 Å². The van der Waals surface area contributed by atoms with Gasteiger partial charge in [-0.05, 0) is 18.6 Å². The highest BCUT2D eigenvalue weighted by Gasteiger charge is 2.13. The molecule has 17 heavy (non-hydrogen) atoms. The fraction of sp³-hybridized carbons (Fsp3) is 0.462. The third kappa shape index (κ3) is 4.40. The van der Waals surface area contributed by atoms with E-state index in [2.05, 4.69) is 34.5 Å². The van der Waals surface area contributed by atoms with Crippen LogP contribution in [0, 0.1) is 0 Å². The van der Waals surface area contributed by atoms with Crippen molar-refractivity contribution in [2.45, 2.75) is 11.3 Å². The van der Waals surface area contributed by atoms with E-state index in [9.17, 15) is 4.79 Å². The van der Waals surface area contributed by atoms with Crippen molar-refractivity contribution in [1.29, 1.82) is 0 Å². The van der Waals surface area contributed by atoms with E-state index >= 15 is 0 Å². The number of amides is 1. The van der Waals surface area contributed by atoms with Crippen LogP contribution in [0.1, 0.15) is 6.42 Å². The third-order valence-corrected chi connectivity index (χ3v) is 3.75. The normalized spacial score (nSPS) is 17.5. The fourth-order valence-electron chi connectivity index (χ4n) is 1.87. The van der Waals surface area contributed by atoms with Gasteiger partial charge in [0.1, 0.15) is 0 Å². The standard InChI is InChI=1S/C13H18N2OS/c16-13-11-15(8-4-7-14-13)9-10-17-12-5-2-1-3-6-12/h1-3,5-6H,4,7-11H2,(H,14,16). The zero-order valence-corrected chi connectivity index (χ0v) is 10.7. The Hall–Kier alpha value is -1.00. The van der Waals surface area contributed by atoms with Crippen molar-refractivity contribution in [2.75, 3.05) is 31.9 Å². The van der Waals surface area contributed by atoms with Crippen LogP contribution in [0.2, 0.25) is 0 Å². The summed E-state index contributed by atoms with van der Waals surface area (Å²) < 4.78 is 0. The van der Waals surface area contributed by atoms with Crippen LogP contribution in [-0.2, 0) is 4.79 Å². The summed E-state index contributed by atoms with van der Waals surface area (Å²) in [6.45, 7) is 3.37. The first kappa shape index (κ1) is 12.5. The Morgan fingerprint density at radius 3 is 2.94 bits per heavy atom. The molecule has 1 aliphatic rings. The van der Waals surface area contributed by atoms with E-state index in [-0.39, 0.29) is 5.91 Å². The van der Waals surface area contributed by atoms with Gasteiger partial charge in [0.15, 0.2) is 0 Å². The van der Waals surface area contributed by atoms with Gasteiger partial charge in [0.2, 0.25) is 5.91 Å². The van der Waals surface area contributed by atoms with E-state index in [1.54, 1.807) is 0 Å². The Morgan fingerprint density at radius 1 is 1.29 bits per heavy atom. The molecule has 0 saturated carbocycles. The van der Waals surface area contributed by atoms with Gasteiger partial charge in [0.25, 0.3) is 0 Å². The molecule has 1 aromatic carbocycles. The van der Waals surface area contributed by atoms with Gasteiger partial charge in [-0.2, -0.15) is 0 Å². The second kappa shape index (κ2) is 6.67. The maximum Gasteiger partial charge on any atom is 0.234 e. The van der Waals surface area contributed by atoms with E-state index in [0.29, 0.717) is 6.54 Å². The van der Waals surface area contributed by atoms with Crippen molar-refractivity contribution < 1.29 is 4.79 Å². The van der Waals surface area contributed by atoms with Crippen molar-refractivity contribution in [3.05, 3.63) is 30.3 Å². The molecule has 3 nitrogen and oxygen atoms in total. The van der Waals surface area contributed by atoms with Crippen LogP contribution in [-0.4, -0.2) is 42.7 Å². The molecule has 1 fully saturated rings. The van der Waals surface area contributed by atoms with Crippen molar-refractivity contribution in [1.82, 2.24) is 10.2 Å². The summed E-state index contributed by atoms with van der Waals surface area (Å²) in [6.07, 6.45) is 1.06. The summed E-state index contributed by atoms with van der Waals surface area (Å²) in [5.41, 5.74) is 0. The molecule has 4 heteroatoms. The molecule has 0 unspecified atom stereocenters. The zero-order valence-electron chi connectivity index (χ0n) is 9.89. The average molecular weight is 250 g/mol. The van der Waals surface area contributed by atoms with Gasteiger partial charge in [-0.3, -0.25) is 9.69 Å². The molecule has 0 atom stereocenters. The summed E-state index contributed by atoms with van der Waals surface area (Å²) in [4.78, 5) is 14.9. The van der Waals surface area contributed by atoms with E-state index in [4.69, 9.17) is 0 Å². The Morgan fingerprint density at radius 2 is 2.12 bits per heavy atom. The molecule has 2 rings (SSSR count). The molecule has 1 aliphatic heterocycles. The lowest BCUT2D eigenvalue weighted by Gasteiger charge is -2.17. The smallest absolute Gasteiger partial charge is 0.234 e. The van der Waals surface area contributed by atoms with Crippen LogP contribution >= 0.6 is 11.8 Å². The van der Waals surface area contributed by atoms with Crippen LogP contribution in [0.15, 0.2) is 35.2 Å². The van der Waals surface area contributed by atoms with E-state index in [0.717, 1.165) is 31.8 Å². The summed E-state index contributed by atoms with van der Waals surface area (Å²) in [5.74, 6) is 1.20. The number of nitrogens with zero attached hydrogens (tertiary/aromatic N) is 1. The van der Waals surface area contributed by atoms with E-state index in [1.165, 1.54) is 4.90 Å². The lowest BCUT2D eigenvalue weighted by Crippen LogP contribution is -2.34. The lowest BCUT2D eigenvalue weighted by molar-refractivity contribution is -0.121. The van der Waals surface area contributed by atoms with Crippen molar-refractivity contribution in [3.8, 4) is 0 Å². The fourth-order valence-corrected chi connectivity index (χ4v) is 2.80. The molecular formula is C13H18N2OS. The Kier molecular flexibility index (Phi) is 4.88. The van der Waals surface area contributed by atoms with Crippen LogP contribution < -0.4 is 5.32 Å². The molecule has 0 spiro atoms. The number of hydrogen-bond donors (Lipinski definition) is 1. The molecule has 0 aliphatic carbocycles. The predicted molar refractivity (Wildman–Crippen MR) is 71.2 cm³/mol. The van der Waals surface area contributed by atoms with Gasteiger partial charge in [-0.1, -0.05) is 18.2 Å². The molecule has 1 saturated heterocycles. The second-order valence-corrected chi connectivity index (χ2v) is 5.31. The molecule has 1 aromatic rings. The minimum Gasteiger partial charge on any atom is -0.355 e. The minimum atomic E-state index is 0.159. The van der Waals surface area contributed by atoms with Gasteiger partial charge in [-0.15, -0.1) is 11.8 Å². The highest BCUT2D eigenvalue weighted by molar-refractivity contribution is 7.99. The third-order valence-electron chi connectivity index (χ3n) is 2.76. The van der Waals surface area contributed by atoms with Gasteiger partial charge >= 0.3 is 0 Å². The summed E-state index contributed by atoms with van der Waals surface area (Å²) >= 11 is 1.85. The molecule has 1 amide bonds. The zero-order chi connectivity index (χ0) is 11.9. The van der Waals surface area contributed by atoms with Crippen LogP contribution in [0.3, 0.4) is 0 Å². The lowest BCUT2D eigenvalue weighted by atomic mass is 10.4. The number of carbonyl (C=O) groups excluding carboxylic acids is 1. The van der Waals surface area contributed by atoms with Crippen LogP contribution in [0.5, 0.6) is 0 Å². The van der Waals surface area contributed by atoms with Gasteiger partial charge < -0.3 is 5.32 Å². The van der Waals surface area contributed by atoms with E-state index < -0.39 is 0 Å². The summed E-state index contributed by atoms with van der Waals surface area (Å²) in [5, 5.41) is 2.90. The number of nitrogens with one attached hydrogen (secondary N) is 1. The maximum absolute atomic E-state index is 11.4. The summed E-state index contributed by atoms with van der Waals surface area (Å²) in [7, 11) is 0. The number of carbonyl (C=O) groups is 1. The number of thioether (sulfide) groups is 1. The Balaban J connectivity index is 1.72. The molecule has 1 heterocycles. The Bertz CT molecular complexity index is 356. The number of hydrogen-bond acceptors (Lipinski definition) is 3. The monoisotopic (exact) mass is 250 g/mol. The molecular weight excluding hydrogens is 232 g/mol. The molecule has 0 radical (unpaired) electrons. The van der Waals surface area contributed by atoms with Crippen LogP contribution in [0.4, 0.5) is 0 Å². The Labute approximate surface area is 107 Å². The van der Waals surface area contributed by atoms with E-state index in [1.807, 2.05) is 17.8 Å². The van der Waals surface area contributed by atoms with Gasteiger partial charge in [0.05, 0.1) is 6.54 Å². The first-order valence-electron chi connectivity index (χ1n) is 6.01. The maximum atomic E-state index is 11.4. The first-order chi connectivity index (χ1) is 8.34. The minimum absolute atomic E-state index is 0.159. The first-order valence-corrected chi connectivity index (χ1v) is 7.00. The summed E-state index contributed by atoms with van der Waals surface area (Å²) in [6, 6.07) is 10.4. The highest BCUT2D eigenvalue weighted by Crippen LogP contribution is 2.16. The van der Waals surface area contributed by atoms with Crippen molar-refractivity contribution in [2.24, 2.45) is 0 Å². The highest BCUT2D eigenvalue weighted by atomic mass is 32.2. The van der Waals surface area contributed by atoms with Gasteiger partial charge in [0, 0.05) is 30.3 Å². The van der Waals surface area contributed by atoms with Crippen LogP contribution in [0.25, 0.3) is 0 Å². The molecule has 1 N–H and O–H groups in total. The topological polar surface area (TPSA) is 32.3 Å². The predicted octanol–water partition coefficient (Wildman–Crippen LogP) is 1.60. The molecule has 0 bridgehead atoms.